The van der Waals surface area contributed by atoms with Gasteiger partial charge in [-0.05, 0) is 43.4 Å². The second-order valence-corrected chi connectivity index (χ2v) is 4.59. The van der Waals surface area contributed by atoms with Crippen LogP contribution in [0.4, 0.5) is 5.95 Å². The van der Waals surface area contributed by atoms with E-state index in [2.05, 4.69) is 26.5 Å². The molecule has 5 nitrogen and oxygen atoms in total. The number of aromatic nitrogens is 3. The van der Waals surface area contributed by atoms with Gasteiger partial charge in [-0.1, -0.05) is 0 Å². The molecule has 0 spiro atoms. The Hall–Kier alpha value is -0.750. The third-order valence-corrected chi connectivity index (χ3v) is 2.79. The second-order valence-electron chi connectivity index (χ2n) is 3.27. The molecule has 1 aromatic rings. The molecular weight excluding hydrogens is 260 g/mol. The molecule has 1 aromatic heterocycles. The van der Waals surface area contributed by atoms with Crippen molar-refractivity contribution >= 4 is 29.3 Å². The molecular formula is C10H17ClN4OS. The Morgan fingerprint density at radius 1 is 1.29 bits per heavy atom. The van der Waals surface area contributed by atoms with Gasteiger partial charge in [-0.2, -0.15) is 26.7 Å². The van der Waals surface area contributed by atoms with E-state index in [4.69, 9.17) is 16.3 Å². The summed E-state index contributed by atoms with van der Waals surface area (Å²) in [7, 11) is 0. The Kier molecular flexibility index (Phi) is 7.04. The average molecular weight is 277 g/mol. The van der Waals surface area contributed by atoms with Crippen molar-refractivity contribution < 1.29 is 4.74 Å². The van der Waals surface area contributed by atoms with Gasteiger partial charge in [0, 0.05) is 6.54 Å². The third kappa shape index (κ3) is 5.93. The number of hydrogen-bond acceptors (Lipinski definition) is 6. The van der Waals surface area contributed by atoms with Crippen molar-refractivity contribution in [2.75, 3.05) is 30.5 Å². The van der Waals surface area contributed by atoms with Crippen LogP contribution in [0.1, 0.15) is 19.8 Å². The molecule has 0 amide bonds. The Bertz CT molecular complexity index is 340. The molecule has 96 valence electrons. The van der Waals surface area contributed by atoms with Crippen LogP contribution >= 0.6 is 23.4 Å². The summed E-state index contributed by atoms with van der Waals surface area (Å²) in [6.45, 7) is 3.20. The van der Waals surface area contributed by atoms with E-state index in [0.29, 0.717) is 12.6 Å². The molecule has 0 aliphatic rings. The molecule has 0 saturated carbocycles. The van der Waals surface area contributed by atoms with E-state index in [1.165, 1.54) is 12.2 Å². The molecule has 0 aliphatic heterocycles. The zero-order chi connectivity index (χ0) is 12.5. The first kappa shape index (κ1) is 14.3. The number of hydrogen-bond donors (Lipinski definition) is 1. The van der Waals surface area contributed by atoms with Crippen LogP contribution in [0.15, 0.2) is 0 Å². The minimum absolute atomic E-state index is 0.148. The maximum absolute atomic E-state index is 5.76. The monoisotopic (exact) mass is 276 g/mol. The molecule has 1 heterocycles. The van der Waals surface area contributed by atoms with Crippen LogP contribution in [0.25, 0.3) is 0 Å². The van der Waals surface area contributed by atoms with Crippen molar-refractivity contribution in [2.24, 2.45) is 0 Å². The lowest BCUT2D eigenvalue weighted by atomic mass is 10.3. The van der Waals surface area contributed by atoms with Gasteiger partial charge in [0.2, 0.25) is 11.2 Å². The minimum atomic E-state index is 0.148. The Morgan fingerprint density at radius 2 is 2.12 bits per heavy atom. The fraction of sp³-hybridized carbons (Fsp3) is 0.700. The van der Waals surface area contributed by atoms with Crippen molar-refractivity contribution in [3.05, 3.63) is 5.28 Å². The van der Waals surface area contributed by atoms with E-state index in [1.807, 2.05) is 18.7 Å². The molecule has 0 aliphatic carbocycles. The van der Waals surface area contributed by atoms with Crippen molar-refractivity contribution in [1.29, 1.82) is 0 Å². The lowest BCUT2D eigenvalue weighted by Crippen LogP contribution is -2.08. The second kappa shape index (κ2) is 8.36. The highest BCUT2D eigenvalue weighted by atomic mass is 35.5. The predicted octanol–water partition coefficient (Wildman–Crippen LogP) is 2.48. The Balaban J connectivity index is 2.41. The Morgan fingerprint density at radius 3 is 2.82 bits per heavy atom. The summed E-state index contributed by atoms with van der Waals surface area (Å²) in [6.07, 6.45) is 4.35. The van der Waals surface area contributed by atoms with E-state index >= 15 is 0 Å². The molecule has 0 atom stereocenters. The molecule has 0 bridgehead atoms. The average Bonchev–Trinajstić information content (AvgIpc) is 2.28. The number of nitrogens with one attached hydrogen (secondary N) is 1. The summed E-state index contributed by atoms with van der Waals surface area (Å²) in [5, 5.41) is 3.26. The predicted molar refractivity (Wildman–Crippen MR) is 72.1 cm³/mol. The molecule has 17 heavy (non-hydrogen) atoms. The van der Waals surface area contributed by atoms with Gasteiger partial charge < -0.3 is 10.1 Å². The van der Waals surface area contributed by atoms with Crippen molar-refractivity contribution in [3.8, 4) is 6.01 Å². The van der Waals surface area contributed by atoms with E-state index in [-0.39, 0.29) is 11.3 Å². The summed E-state index contributed by atoms with van der Waals surface area (Å²) < 4.78 is 5.18. The highest BCUT2D eigenvalue weighted by Crippen LogP contribution is 2.11. The van der Waals surface area contributed by atoms with Gasteiger partial charge in [-0.3, -0.25) is 0 Å². The fourth-order valence-corrected chi connectivity index (χ4v) is 1.82. The Labute approximate surface area is 111 Å². The summed E-state index contributed by atoms with van der Waals surface area (Å²) in [4.78, 5) is 11.9. The minimum Gasteiger partial charge on any atom is -0.464 e. The first-order valence-corrected chi connectivity index (χ1v) is 7.30. The lowest BCUT2D eigenvalue weighted by Gasteiger charge is -2.06. The van der Waals surface area contributed by atoms with Gasteiger partial charge in [0.15, 0.2) is 0 Å². The van der Waals surface area contributed by atoms with Gasteiger partial charge in [0.1, 0.15) is 0 Å². The molecule has 0 aromatic carbocycles. The van der Waals surface area contributed by atoms with Crippen LogP contribution in [0.2, 0.25) is 5.28 Å². The highest BCUT2D eigenvalue weighted by Gasteiger charge is 2.04. The zero-order valence-electron chi connectivity index (χ0n) is 10.1. The van der Waals surface area contributed by atoms with Gasteiger partial charge in [0.25, 0.3) is 0 Å². The van der Waals surface area contributed by atoms with Crippen LogP contribution in [0.3, 0.4) is 0 Å². The van der Waals surface area contributed by atoms with Crippen molar-refractivity contribution in [3.63, 3.8) is 0 Å². The lowest BCUT2D eigenvalue weighted by molar-refractivity contribution is 0.312. The normalized spacial score (nSPS) is 10.3. The third-order valence-electron chi connectivity index (χ3n) is 1.92. The molecule has 0 fully saturated rings. The molecule has 1 N–H and O–H groups in total. The number of nitrogens with zero attached hydrogens (tertiary/aromatic N) is 3. The maximum atomic E-state index is 5.76. The van der Waals surface area contributed by atoms with Crippen molar-refractivity contribution in [1.82, 2.24) is 15.0 Å². The maximum Gasteiger partial charge on any atom is 0.322 e. The van der Waals surface area contributed by atoms with Crippen LogP contribution in [0, 0.1) is 0 Å². The van der Waals surface area contributed by atoms with E-state index in [0.717, 1.165) is 13.0 Å². The summed E-state index contributed by atoms with van der Waals surface area (Å²) in [6, 6.07) is 0.263. The number of thioether (sulfide) groups is 1. The standard InChI is InChI=1S/C10H17ClN4OS/c1-3-16-10-14-8(11)13-9(15-10)12-6-4-5-7-17-2/h3-7H2,1-2H3,(H,12,13,14,15). The number of anilines is 1. The fourth-order valence-electron chi connectivity index (χ4n) is 1.18. The smallest absolute Gasteiger partial charge is 0.322 e. The molecule has 0 unspecified atom stereocenters. The van der Waals surface area contributed by atoms with Gasteiger partial charge in [-0.25, -0.2) is 0 Å². The largest absolute Gasteiger partial charge is 0.464 e. The number of rotatable bonds is 8. The highest BCUT2D eigenvalue weighted by molar-refractivity contribution is 7.98. The van der Waals surface area contributed by atoms with Crippen LogP contribution in [-0.2, 0) is 0 Å². The van der Waals surface area contributed by atoms with E-state index in [9.17, 15) is 0 Å². The molecule has 0 radical (unpaired) electrons. The summed E-state index contributed by atoms with van der Waals surface area (Å²) in [5.41, 5.74) is 0. The number of ether oxygens (including phenoxy) is 1. The SMILES string of the molecule is CCOc1nc(Cl)nc(NCCCCSC)n1. The summed E-state index contributed by atoms with van der Waals surface area (Å²) in [5.74, 6) is 1.64. The topological polar surface area (TPSA) is 59.9 Å². The molecule has 7 heteroatoms. The first-order valence-electron chi connectivity index (χ1n) is 5.53. The van der Waals surface area contributed by atoms with Crippen LogP contribution < -0.4 is 10.1 Å². The molecule has 0 saturated heterocycles. The quantitative estimate of drug-likeness (QED) is 0.736. The van der Waals surface area contributed by atoms with E-state index < -0.39 is 0 Å². The number of unbranched alkanes of at least 4 members (excludes halogenated alkanes) is 1. The van der Waals surface area contributed by atoms with Gasteiger partial charge >= 0.3 is 6.01 Å². The van der Waals surface area contributed by atoms with E-state index in [1.54, 1.807) is 0 Å². The van der Waals surface area contributed by atoms with Gasteiger partial charge in [-0.15, -0.1) is 0 Å². The first-order chi connectivity index (χ1) is 8.26. The van der Waals surface area contributed by atoms with Crippen LogP contribution in [-0.4, -0.2) is 40.1 Å². The summed E-state index contributed by atoms with van der Waals surface area (Å²) >= 11 is 7.61. The molecule has 1 rings (SSSR count). The van der Waals surface area contributed by atoms with Crippen LogP contribution in [0.5, 0.6) is 6.01 Å². The number of halogens is 1. The van der Waals surface area contributed by atoms with Gasteiger partial charge in [0.05, 0.1) is 6.61 Å². The zero-order valence-corrected chi connectivity index (χ0v) is 11.6. The van der Waals surface area contributed by atoms with Crippen molar-refractivity contribution in [2.45, 2.75) is 19.8 Å².